The number of aryl methyl sites for hydroxylation is 2. The van der Waals surface area contributed by atoms with Gasteiger partial charge in [-0.05, 0) is 26.8 Å². The van der Waals surface area contributed by atoms with Crippen LogP contribution in [0.1, 0.15) is 28.9 Å². The molecule has 2 nitrogen and oxygen atoms in total. The van der Waals surface area contributed by atoms with Gasteiger partial charge in [0.15, 0.2) is 0 Å². The Labute approximate surface area is 84.4 Å². The fourth-order valence-electron chi connectivity index (χ4n) is 1.14. The van der Waals surface area contributed by atoms with E-state index in [1.54, 1.807) is 0 Å². The summed E-state index contributed by atoms with van der Waals surface area (Å²) in [6.45, 7) is 8.57. The number of thiazole rings is 1. The number of nitrogens with zero attached hydrogens (tertiary/aromatic N) is 1. The molecule has 0 aliphatic rings. The molecule has 74 valence electrons. The van der Waals surface area contributed by atoms with Gasteiger partial charge in [-0.25, -0.2) is 4.98 Å². The van der Waals surface area contributed by atoms with Gasteiger partial charge in [0, 0.05) is 17.8 Å². The van der Waals surface area contributed by atoms with E-state index in [1.165, 1.54) is 22.0 Å². The Balaban J connectivity index is 2.29. The lowest BCUT2D eigenvalue weighted by Gasteiger charge is -1.98. The fraction of sp³-hybridized carbons (Fsp3) is 0.700. The predicted molar refractivity (Wildman–Crippen MR) is 58.5 cm³/mol. The van der Waals surface area contributed by atoms with E-state index < -0.39 is 0 Å². The summed E-state index contributed by atoms with van der Waals surface area (Å²) in [7, 11) is 0. The number of rotatable bonds is 5. The van der Waals surface area contributed by atoms with Crippen molar-refractivity contribution in [3.63, 3.8) is 0 Å². The van der Waals surface area contributed by atoms with Crippen LogP contribution in [0.2, 0.25) is 0 Å². The average molecular weight is 198 g/mol. The third kappa shape index (κ3) is 3.44. The molecule has 3 heteroatoms. The standard InChI is InChI=1S/C10H18N2S/c1-4-6-11-7-5-10-12-8(2)9(3)13-10/h11H,4-7H2,1-3H3. The molecule has 0 saturated heterocycles. The van der Waals surface area contributed by atoms with Crippen LogP contribution in [-0.4, -0.2) is 18.1 Å². The Morgan fingerprint density at radius 3 is 2.62 bits per heavy atom. The molecule has 1 heterocycles. The van der Waals surface area contributed by atoms with Crippen molar-refractivity contribution in [3.05, 3.63) is 15.6 Å². The molecular formula is C10H18N2S. The first-order valence-electron chi connectivity index (χ1n) is 4.87. The van der Waals surface area contributed by atoms with E-state index in [9.17, 15) is 0 Å². The molecule has 0 atom stereocenters. The summed E-state index contributed by atoms with van der Waals surface area (Å²) in [6.07, 6.45) is 2.27. The number of hydrogen-bond donors (Lipinski definition) is 1. The Morgan fingerprint density at radius 2 is 2.08 bits per heavy atom. The van der Waals surface area contributed by atoms with Crippen molar-refractivity contribution in [1.82, 2.24) is 10.3 Å². The first-order chi connectivity index (χ1) is 6.24. The average Bonchev–Trinajstić information content (AvgIpc) is 2.41. The van der Waals surface area contributed by atoms with Crippen molar-refractivity contribution >= 4 is 11.3 Å². The van der Waals surface area contributed by atoms with E-state index in [1.807, 2.05) is 11.3 Å². The zero-order valence-electron chi connectivity index (χ0n) is 8.68. The molecule has 0 saturated carbocycles. The summed E-state index contributed by atoms with van der Waals surface area (Å²) < 4.78 is 0. The molecule has 0 aliphatic heterocycles. The van der Waals surface area contributed by atoms with Gasteiger partial charge >= 0.3 is 0 Å². The summed E-state index contributed by atoms with van der Waals surface area (Å²) in [5.74, 6) is 0. The van der Waals surface area contributed by atoms with Gasteiger partial charge in [0.05, 0.1) is 10.7 Å². The molecule has 1 aromatic heterocycles. The molecule has 0 radical (unpaired) electrons. The van der Waals surface area contributed by atoms with E-state index in [4.69, 9.17) is 0 Å². The van der Waals surface area contributed by atoms with Crippen LogP contribution in [-0.2, 0) is 6.42 Å². The second kappa shape index (κ2) is 5.35. The molecule has 0 spiro atoms. The lowest BCUT2D eigenvalue weighted by molar-refractivity contribution is 0.669. The van der Waals surface area contributed by atoms with Gasteiger partial charge in [-0.3, -0.25) is 0 Å². The number of nitrogens with one attached hydrogen (secondary N) is 1. The topological polar surface area (TPSA) is 24.9 Å². The summed E-state index contributed by atoms with van der Waals surface area (Å²) in [4.78, 5) is 5.84. The second-order valence-corrected chi connectivity index (χ2v) is 4.54. The third-order valence-electron chi connectivity index (χ3n) is 2.02. The van der Waals surface area contributed by atoms with Gasteiger partial charge in [0.2, 0.25) is 0 Å². The normalized spacial score (nSPS) is 10.7. The molecule has 1 aromatic rings. The van der Waals surface area contributed by atoms with Crippen molar-refractivity contribution in [2.24, 2.45) is 0 Å². The number of hydrogen-bond acceptors (Lipinski definition) is 3. The summed E-state index contributed by atoms with van der Waals surface area (Å²) in [5.41, 5.74) is 1.19. The minimum Gasteiger partial charge on any atom is -0.316 e. The highest BCUT2D eigenvalue weighted by Crippen LogP contribution is 2.16. The van der Waals surface area contributed by atoms with Crippen LogP contribution in [0, 0.1) is 13.8 Å². The summed E-state index contributed by atoms with van der Waals surface area (Å²) >= 11 is 1.82. The largest absolute Gasteiger partial charge is 0.316 e. The first kappa shape index (κ1) is 10.7. The Morgan fingerprint density at radius 1 is 1.31 bits per heavy atom. The van der Waals surface area contributed by atoms with Crippen molar-refractivity contribution in [2.75, 3.05) is 13.1 Å². The van der Waals surface area contributed by atoms with Gasteiger partial charge in [0.25, 0.3) is 0 Å². The highest BCUT2D eigenvalue weighted by Gasteiger charge is 2.01. The van der Waals surface area contributed by atoms with E-state index >= 15 is 0 Å². The van der Waals surface area contributed by atoms with E-state index in [-0.39, 0.29) is 0 Å². The van der Waals surface area contributed by atoms with Crippen molar-refractivity contribution < 1.29 is 0 Å². The Bertz CT molecular complexity index is 236. The van der Waals surface area contributed by atoms with Crippen LogP contribution < -0.4 is 5.32 Å². The maximum absolute atomic E-state index is 4.49. The van der Waals surface area contributed by atoms with Crippen LogP contribution in [0.5, 0.6) is 0 Å². The van der Waals surface area contributed by atoms with Crippen LogP contribution in [0.15, 0.2) is 0 Å². The second-order valence-electron chi connectivity index (χ2n) is 3.25. The molecule has 13 heavy (non-hydrogen) atoms. The van der Waals surface area contributed by atoms with Crippen LogP contribution in [0.25, 0.3) is 0 Å². The zero-order valence-corrected chi connectivity index (χ0v) is 9.50. The van der Waals surface area contributed by atoms with Gasteiger partial charge in [-0.15, -0.1) is 11.3 Å². The van der Waals surface area contributed by atoms with Gasteiger partial charge in [0.1, 0.15) is 0 Å². The molecule has 0 bridgehead atoms. The fourth-order valence-corrected chi connectivity index (χ4v) is 2.08. The zero-order chi connectivity index (χ0) is 9.68. The highest BCUT2D eigenvalue weighted by molar-refractivity contribution is 7.11. The molecule has 0 unspecified atom stereocenters. The Hall–Kier alpha value is -0.410. The third-order valence-corrected chi connectivity index (χ3v) is 3.15. The highest BCUT2D eigenvalue weighted by atomic mass is 32.1. The SMILES string of the molecule is CCCNCCc1nc(C)c(C)s1. The van der Waals surface area contributed by atoms with Gasteiger partial charge in [-0.2, -0.15) is 0 Å². The molecule has 0 aromatic carbocycles. The van der Waals surface area contributed by atoms with Crippen molar-refractivity contribution in [3.8, 4) is 0 Å². The van der Waals surface area contributed by atoms with E-state index in [0.29, 0.717) is 0 Å². The molecule has 1 rings (SSSR count). The molecular weight excluding hydrogens is 180 g/mol. The van der Waals surface area contributed by atoms with Crippen LogP contribution in [0.3, 0.4) is 0 Å². The minimum absolute atomic E-state index is 1.06. The quantitative estimate of drug-likeness (QED) is 0.734. The number of aromatic nitrogens is 1. The van der Waals surface area contributed by atoms with E-state index in [2.05, 4.69) is 31.1 Å². The molecule has 1 N–H and O–H groups in total. The maximum atomic E-state index is 4.49. The molecule has 0 amide bonds. The molecule has 0 fully saturated rings. The predicted octanol–water partition coefficient (Wildman–Crippen LogP) is 2.30. The summed E-state index contributed by atoms with van der Waals surface area (Å²) in [6, 6.07) is 0. The Kier molecular flexibility index (Phi) is 4.39. The smallest absolute Gasteiger partial charge is 0.0943 e. The van der Waals surface area contributed by atoms with Gasteiger partial charge in [-0.1, -0.05) is 6.92 Å². The molecule has 0 aliphatic carbocycles. The maximum Gasteiger partial charge on any atom is 0.0943 e. The summed E-state index contributed by atoms with van der Waals surface area (Å²) in [5, 5.41) is 4.64. The van der Waals surface area contributed by atoms with Crippen molar-refractivity contribution in [2.45, 2.75) is 33.6 Å². The van der Waals surface area contributed by atoms with Crippen molar-refractivity contribution in [1.29, 1.82) is 0 Å². The van der Waals surface area contributed by atoms with Gasteiger partial charge < -0.3 is 5.32 Å². The van der Waals surface area contributed by atoms with Crippen LogP contribution in [0.4, 0.5) is 0 Å². The van der Waals surface area contributed by atoms with Crippen LogP contribution >= 0.6 is 11.3 Å². The monoisotopic (exact) mass is 198 g/mol. The minimum atomic E-state index is 1.06. The van der Waals surface area contributed by atoms with E-state index in [0.717, 1.165) is 19.5 Å². The lowest BCUT2D eigenvalue weighted by atomic mass is 10.4. The lowest BCUT2D eigenvalue weighted by Crippen LogP contribution is -2.17. The first-order valence-corrected chi connectivity index (χ1v) is 5.69.